The molecule has 1 fully saturated rings. The molecule has 0 aliphatic carbocycles. The molecule has 6 heteroatoms. The second-order valence-corrected chi connectivity index (χ2v) is 7.13. The smallest absolute Gasteiger partial charge is 0.339 e. The molecular weight excluding hydrogens is 368 g/mol. The van der Waals surface area contributed by atoms with Gasteiger partial charge in [-0.1, -0.05) is 19.1 Å². The van der Waals surface area contributed by atoms with E-state index in [0.717, 1.165) is 32.2 Å². The van der Waals surface area contributed by atoms with Crippen LogP contribution in [0.25, 0.3) is 0 Å². The van der Waals surface area contributed by atoms with Crippen molar-refractivity contribution in [2.24, 2.45) is 0 Å². The second kappa shape index (κ2) is 9.37. The van der Waals surface area contributed by atoms with Gasteiger partial charge in [0.2, 0.25) is 0 Å². The number of ether oxygens (including phenoxy) is 1. The molecule has 1 heterocycles. The molecule has 1 aliphatic rings. The van der Waals surface area contributed by atoms with E-state index in [-0.39, 0.29) is 23.4 Å². The van der Waals surface area contributed by atoms with Crippen molar-refractivity contribution in [3.8, 4) is 0 Å². The van der Waals surface area contributed by atoms with Crippen LogP contribution in [-0.4, -0.2) is 42.4 Å². The third kappa shape index (κ3) is 4.65. The zero-order chi connectivity index (χ0) is 20.8. The van der Waals surface area contributed by atoms with Crippen molar-refractivity contribution in [3.63, 3.8) is 0 Å². The molecule has 0 spiro atoms. The number of methoxy groups -OCH3 is 1. The van der Waals surface area contributed by atoms with Gasteiger partial charge < -0.3 is 15.0 Å². The molecule has 2 aromatic rings. The number of nitrogens with one attached hydrogen (secondary N) is 1. The van der Waals surface area contributed by atoms with E-state index in [4.69, 9.17) is 4.74 Å². The van der Waals surface area contributed by atoms with Crippen LogP contribution in [0.3, 0.4) is 0 Å². The zero-order valence-electron chi connectivity index (χ0n) is 16.8. The maximum atomic E-state index is 12.9. The van der Waals surface area contributed by atoms with Gasteiger partial charge in [-0.15, -0.1) is 0 Å². The van der Waals surface area contributed by atoms with E-state index in [2.05, 4.69) is 12.2 Å². The molecule has 2 aromatic carbocycles. The third-order valence-electron chi connectivity index (χ3n) is 5.33. The molecule has 0 saturated carbocycles. The predicted molar refractivity (Wildman–Crippen MR) is 111 cm³/mol. The van der Waals surface area contributed by atoms with Crippen LogP contribution in [0.1, 0.15) is 63.7 Å². The molecule has 29 heavy (non-hydrogen) atoms. The van der Waals surface area contributed by atoms with Gasteiger partial charge in [-0.05, 0) is 62.1 Å². The van der Waals surface area contributed by atoms with Crippen LogP contribution in [0.4, 0.5) is 5.69 Å². The van der Waals surface area contributed by atoms with Crippen molar-refractivity contribution in [3.05, 3.63) is 65.2 Å². The Balaban J connectivity index is 1.73. The maximum absolute atomic E-state index is 12.9. The first-order chi connectivity index (χ1) is 14.0. The SMILES string of the molecule is CCC1CCCCN1C(=O)c1ccc(C(=O)Nc2ccccc2C(=O)OC)cc1. The fraction of sp³-hybridized carbons (Fsp3) is 0.348. The summed E-state index contributed by atoms with van der Waals surface area (Å²) in [7, 11) is 1.29. The Labute approximate surface area is 170 Å². The van der Waals surface area contributed by atoms with Gasteiger partial charge in [0.05, 0.1) is 18.4 Å². The normalized spacial score (nSPS) is 16.2. The molecular formula is C23H26N2O4. The highest BCUT2D eigenvalue weighted by molar-refractivity contribution is 6.08. The summed E-state index contributed by atoms with van der Waals surface area (Å²) in [5, 5.41) is 2.74. The summed E-state index contributed by atoms with van der Waals surface area (Å²) in [6.07, 6.45) is 4.19. The van der Waals surface area contributed by atoms with Crippen LogP contribution >= 0.6 is 0 Å². The molecule has 3 rings (SSSR count). The van der Waals surface area contributed by atoms with Crippen LogP contribution in [0.5, 0.6) is 0 Å². The van der Waals surface area contributed by atoms with Gasteiger partial charge in [0, 0.05) is 23.7 Å². The van der Waals surface area contributed by atoms with E-state index in [1.807, 2.05) is 4.90 Å². The number of para-hydroxylation sites is 1. The standard InChI is InChI=1S/C23H26N2O4/c1-3-18-8-6-7-15-25(18)22(27)17-13-11-16(12-14-17)21(26)24-20-10-5-4-9-19(20)23(28)29-2/h4-5,9-14,18H,3,6-8,15H2,1-2H3,(H,24,26). The van der Waals surface area contributed by atoms with Crippen molar-refractivity contribution in [2.45, 2.75) is 38.6 Å². The van der Waals surface area contributed by atoms with E-state index in [9.17, 15) is 14.4 Å². The lowest BCUT2D eigenvalue weighted by Gasteiger charge is -2.35. The Morgan fingerprint density at radius 3 is 2.41 bits per heavy atom. The van der Waals surface area contributed by atoms with Crippen LogP contribution in [0.2, 0.25) is 0 Å². The number of hydrogen-bond acceptors (Lipinski definition) is 4. The minimum Gasteiger partial charge on any atom is -0.465 e. The highest BCUT2D eigenvalue weighted by atomic mass is 16.5. The number of likely N-dealkylation sites (tertiary alicyclic amines) is 1. The van der Waals surface area contributed by atoms with Crippen molar-refractivity contribution in [1.82, 2.24) is 4.90 Å². The quantitative estimate of drug-likeness (QED) is 0.774. The van der Waals surface area contributed by atoms with Crippen molar-refractivity contribution < 1.29 is 19.1 Å². The van der Waals surface area contributed by atoms with Gasteiger partial charge in [0.15, 0.2) is 0 Å². The van der Waals surface area contributed by atoms with E-state index >= 15 is 0 Å². The minimum absolute atomic E-state index is 0.0135. The molecule has 1 aliphatic heterocycles. The van der Waals surface area contributed by atoms with Crippen molar-refractivity contribution >= 4 is 23.5 Å². The molecule has 1 N–H and O–H groups in total. The monoisotopic (exact) mass is 394 g/mol. The summed E-state index contributed by atoms with van der Waals surface area (Å²) in [5.74, 6) is -0.863. The average Bonchev–Trinajstić information content (AvgIpc) is 2.78. The number of rotatable bonds is 5. The Kier molecular flexibility index (Phi) is 6.65. The van der Waals surface area contributed by atoms with E-state index in [1.54, 1.807) is 48.5 Å². The number of esters is 1. The number of carbonyl (C=O) groups is 3. The third-order valence-corrected chi connectivity index (χ3v) is 5.33. The first kappa shape index (κ1) is 20.6. The Bertz CT molecular complexity index is 892. The molecule has 2 amide bonds. The highest BCUT2D eigenvalue weighted by Gasteiger charge is 2.26. The first-order valence-corrected chi connectivity index (χ1v) is 9.95. The molecule has 0 radical (unpaired) electrons. The van der Waals surface area contributed by atoms with Crippen LogP contribution in [0, 0.1) is 0 Å². The molecule has 0 bridgehead atoms. The minimum atomic E-state index is -0.520. The van der Waals surface area contributed by atoms with E-state index < -0.39 is 5.97 Å². The molecule has 1 unspecified atom stereocenters. The summed E-state index contributed by atoms with van der Waals surface area (Å²) < 4.78 is 4.75. The number of nitrogens with zero attached hydrogens (tertiary/aromatic N) is 1. The molecule has 152 valence electrons. The summed E-state index contributed by atoms with van der Waals surface area (Å²) >= 11 is 0. The second-order valence-electron chi connectivity index (χ2n) is 7.13. The molecule has 0 aromatic heterocycles. The van der Waals surface area contributed by atoms with Crippen LogP contribution < -0.4 is 5.32 Å². The van der Waals surface area contributed by atoms with Crippen molar-refractivity contribution in [2.75, 3.05) is 19.0 Å². The van der Waals surface area contributed by atoms with Crippen molar-refractivity contribution in [1.29, 1.82) is 0 Å². The average molecular weight is 394 g/mol. The van der Waals surface area contributed by atoms with Gasteiger partial charge in [0.25, 0.3) is 11.8 Å². The number of carbonyl (C=O) groups excluding carboxylic acids is 3. The topological polar surface area (TPSA) is 75.7 Å². The van der Waals surface area contributed by atoms with Gasteiger partial charge in [0.1, 0.15) is 0 Å². The van der Waals surface area contributed by atoms with E-state index in [1.165, 1.54) is 7.11 Å². The maximum Gasteiger partial charge on any atom is 0.339 e. The predicted octanol–water partition coefficient (Wildman–Crippen LogP) is 4.13. The fourth-order valence-electron chi connectivity index (χ4n) is 3.70. The van der Waals surface area contributed by atoms with Gasteiger partial charge >= 0.3 is 5.97 Å². The fourth-order valence-corrected chi connectivity index (χ4v) is 3.70. The van der Waals surface area contributed by atoms with Gasteiger partial charge in [-0.3, -0.25) is 9.59 Å². The van der Waals surface area contributed by atoms with Crippen LogP contribution in [0.15, 0.2) is 48.5 Å². The lowest BCUT2D eigenvalue weighted by molar-refractivity contribution is 0.0596. The number of benzene rings is 2. The zero-order valence-corrected chi connectivity index (χ0v) is 16.8. The summed E-state index contributed by atoms with van der Waals surface area (Å²) in [5.41, 5.74) is 1.65. The summed E-state index contributed by atoms with van der Waals surface area (Å²) in [6.45, 7) is 2.89. The Morgan fingerprint density at radius 2 is 1.72 bits per heavy atom. The lowest BCUT2D eigenvalue weighted by Crippen LogP contribution is -2.43. The van der Waals surface area contributed by atoms with E-state index in [0.29, 0.717) is 16.8 Å². The van der Waals surface area contributed by atoms with Gasteiger partial charge in [-0.2, -0.15) is 0 Å². The van der Waals surface area contributed by atoms with Crippen LogP contribution in [-0.2, 0) is 4.74 Å². The largest absolute Gasteiger partial charge is 0.465 e. The molecule has 1 saturated heterocycles. The summed E-state index contributed by atoms with van der Waals surface area (Å²) in [4.78, 5) is 39.3. The number of amides is 2. The first-order valence-electron chi connectivity index (χ1n) is 9.95. The molecule has 6 nitrogen and oxygen atoms in total. The molecule has 1 atom stereocenters. The number of piperidine rings is 1. The lowest BCUT2D eigenvalue weighted by atomic mass is 9.98. The Morgan fingerprint density at radius 1 is 1.03 bits per heavy atom. The highest BCUT2D eigenvalue weighted by Crippen LogP contribution is 2.22. The summed E-state index contributed by atoms with van der Waals surface area (Å²) in [6, 6.07) is 13.6. The number of hydrogen-bond donors (Lipinski definition) is 1. The van der Waals surface area contributed by atoms with Gasteiger partial charge in [-0.25, -0.2) is 4.79 Å². The Hall–Kier alpha value is -3.15. The number of anilines is 1.